The van der Waals surface area contributed by atoms with Gasteiger partial charge in [0.2, 0.25) is 11.6 Å². The van der Waals surface area contributed by atoms with Gasteiger partial charge in [-0.05, 0) is 38.0 Å². The van der Waals surface area contributed by atoms with Gasteiger partial charge in [-0.25, -0.2) is 14.7 Å². The Morgan fingerprint density at radius 2 is 2.19 bits per heavy atom. The Labute approximate surface area is 156 Å². The highest BCUT2D eigenvalue weighted by Gasteiger charge is 2.24. The van der Waals surface area contributed by atoms with E-state index in [-0.39, 0.29) is 12.0 Å². The van der Waals surface area contributed by atoms with Crippen LogP contribution in [0.1, 0.15) is 19.4 Å². The molecule has 0 saturated carbocycles. The van der Waals surface area contributed by atoms with E-state index in [9.17, 15) is 9.90 Å². The number of anilines is 2. The molecular formula is C18H22N6O3. The zero-order valence-electron chi connectivity index (χ0n) is 15.5. The van der Waals surface area contributed by atoms with Crippen molar-refractivity contribution in [2.45, 2.75) is 26.3 Å². The lowest BCUT2D eigenvalue weighted by Gasteiger charge is -2.20. The molecule has 1 amide bonds. The van der Waals surface area contributed by atoms with Gasteiger partial charge in [0, 0.05) is 25.0 Å². The second-order valence-electron chi connectivity index (χ2n) is 6.24. The van der Waals surface area contributed by atoms with Gasteiger partial charge in [0.15, 0.2) is 5.82 Å². The molecule has 2 heterocycles. The van der Waals surface area contributed by atoms with Crippen LogP contribution in [-0.4, -0.2) is 50.5 Å². The van der Waals surface area contributed by atoms with Crippen molar-refractivity contribution in [3.05, 3.63) is 42.2 Å². The third-order valence-corrected chi connectivity index (χ3v) is 4.09. The molecule has 9 nitrogen and oxygen atoms in total. The molecule has 2 N–H and O–H groups in total. The van der Waals surface area contributed by atoms with Gasteiger partial charge in [0.05, 0.1) is 7.11 Å². The molecule has 0 saturated heterocycles. The number of rotatable bonds is 7. The highest BCUT2D eigenvalue weighted by molar-refractivity contribution is 5.85. The van der Waals surface area contributed by atoms with Crippen molar-refractivity contribution in [1.29, 1.82) is 0 Å². The van der Waals surface area contributed by atoms with E-state index in [4.69, 9.17) is 4.74 Å². The van der Waals surface area contributed by atoms with Crippen molar-refractivity contribution in [1.82, 2.24) is 19.6 Å². The minimum atomic E-state index is -1.08. The van der Waals surface area contributed by atoms with Crippen molar-refractivity contribution in [3.8, 4) is 5.75 Å². The predicted molar refractivity (Wildman–Crippen MR) is 102 cm³/mol. The molecule has 142 valence electrons. The first-order chi connectivity index (χ1) is 13.0. The van der Waals surface area contributed by atoms with E-state index in [0.717, 1.165) is 17.7 Å². The van der Waals surface area contributed by atoms with Crippen LogP contribution in [0.3, 0.4) is 0 Å². The Kier molecular flexibility index (Phi) is 5.39. The Bertz CT molecular complexity index is 940. The van der Waals surface area contributed by atoms with E-state index in [1.54, 1.807) is 37.8 Å². The Morgan fingerprint density at radius 1 is 1.37 bits per heavy atom. The number of fused-ring (bicyclic) bond motifs is 1. The first-order valence-electron chi connectivity index (χ1n) is 8.60. The van der Waals surface area contributed by atoms with Crippen molar-refractivity contribution in [3.63, 3.8) is 0 Å². The number of amides is 1. The molecule has 0 aliphatic rings. The van der Waals surface area contributed by atoms with E-state index in [0.29, 0.717) is 18.0 Å². The summed E-state index contributed by atoms with van der Waals surface area (Å²) < 4.78 is 6.85. The maximum atomic E-state index is 11.6. The molecule has 0 radical (unpaired) electrons. The summed E-state index contributed by atoms with van der Waals surface area (Å²) in [5, 5.41) is 20.9. The van der Waals surface area contributed by atoms with E-state index in [1.165, 1.54) is 4.90 Å². The van der Waals surface area contributed by atoms with Crippen LogP contribution in [0.4, 0.5) is 16.6 Å². The minimum Gasteiger partial charge on any atom is -0.497 e. The lowest BCUT2D eigenvalue weighted by molar-refractivity contribution is 0.199. The van der Waals surface area contributed by atoms with Gasteiger partial charge >= 0.3 is 6.09 Å². The number of benzene rings is 1. The molecule has 9 heteroatoms. The Morgan fingerprint density at radius 3 is 2.89 bits per heavy atom. The zero-order valence-corrected chi connectivity index (χ0v) is 15.5. The second-order valence-corrected chi connectivity index (χ2v) is 6.24. The summed E-state index contributed by atoms with van der Waals surface area (Å²) in [4.78, 5) is 17.0. The standard InChI is InChI=1S/C18H22N6O3/c1-12(2)24(18(25)26)17-22-21-16-15(20-9-10-23(16)17)19-8-7-13-5-4-6-14(11-13)27-3/h4-6,9-12H,7-8H2,1-3H3,(H,19,20)(H,25,26). The summed E-state index contributed by atoms with van der Waals surface area (Å²) in [6.07, 6.45) is 2.93. The Hall–Kier alpha value is -3.36. The zero-order chi connectivity index (χ0) is 19.4. The molecule has 0 aliphatic heterocycles. The summed E-state index contributed by atoms with van der Waals surface area (Å²) in [6.45, 7) is 4.20. The first-order valence-corrected chi connectivity index (χ1v) is 8.60. The van der Waals surface area contributed by atoms with Crippen molar-refractivity contribution in [2.75, 3.05) is 23.9 Å². The monoisotopic (exact) mass is 370 g/mol. The molecule has 27 heavy (non-hydrogen) atoms. The number of carboxylic acid groups (broad SMARTS) is 1. The number of ether oxygens (including phenoxy) is 1. The van der Waals surface area contributed by atoms with Gasteiger partial charge in [0.25, 0.3) is 0 Å². The number of nitrogens with one attached hydrogen (secondary N) is 1. The number of carbonyl (C=O) groups is 1. The molecule has 0 atom stereocenters. The lowest BCUT2D eigenvalue weighted by Crippen LogP contribution is -2.37. The van der Waals surface area contributed by atoms with Gasteiger partial charge in [-0.15, -0.1) is 10.2 Å². The molecular weight excluding hydrogens is 348 g/mol. The topological polar surface area (TPSA) is 105 Å². The summed E-state index contributed by atoms with van der Waals surface area (Å²) in [5.41, 5.74) is 1.61. The van der Waals surface area contributed by atoms with Crippen molar-refractivity contribution in [2.24, 2.45) is 0 Å². The third kappa shape index (κ3) is 3.91. The second kappa shape index (κ2) is 7.90. The van der Waals surface area contributed by atoms with Gasteiger partial charge < -0.3 is 15.2 Å². The fourth-order valence-electron chi connectivity index (χ4n) is 2.79. The number of nitrogens with zero attached hydrogens (tertiary/aromatic N) is 5. The maximum Gasteiger partial charge on any atom is 0.414 e. The van der Waals surface area contributed by atoms with E-state index in [2.05, 4.69) is 20.5 Å². The van der Waals surface area contributed by atoms with E-state index < -0.39 is 6.09 Å². The predicted octanol–water partition coefficient (Wildman–Crippen LogP) is 2.68. The van der Waals surface area contributed by atoms with Crippen LogP contribution in [0, 0.1) is 0 Å². The number of aromatic nitrogens is 4. The average molecular weight is 370 g/mol. The van der Waals surface area contributed by atoms with Gasteiger partial charge in [0.1, 0.15) is 5.75 Å². The molecule has 0 unspecified atom stereocenters. The summed E-state index contributed by atoms with van der Waals surface area (Å²) >= 11 is 0. The van der Waals surface area contributed by atoms with Crippen LogP contribution in [-0.2, 0) is 6.42 Å². The number of methoxy groups -OCH3 is 1. The normalized spacial score (nSPS) is 11.0. The summed E-state index contributed by atoms with van der Waals surface area (Å²) in [5.74, 6) is 1.61. The molecule has 0 spiro atoms. The smallest absolute Gasteiger partial charge is 0.414 e. The SMILES string of the molecule is COc1cccc(CCNc2nccn3c(N(C(=O)O)C(C)C)nnc23)c1. The van der Waals surface area contributed by atoms with Gasteiger partial charge in [-0.1, -0.05) is 12.1 Å². The fraction of sp³-hybridized carbons (Fsp3) is 0.333. The van der Waals surface area contributed by atoms with Crippen LogP contribution in [0.15, 0.2) is 36.7 Å². The van der Waals surface area contributed by atoms with Crippen LogP contribution in [0.2, 0.25) is 0 Å². The van der Waals surface area contributed by atoms with E-state index in [1.807, 2.05) is 24.3 Å². The molecule has 0 bridgehead atoms. The highest BCUT2D eigenvalue weighted by Crippen LogP contribution is 2.20. The molecule has 3 rings (SSSR count). The van der Waals surface area contributed by atoms with Crippen molar-refractivity contribution < 1.29 is 14.6 Å². The number of hydrogen-bond acceptors (Lipinski definition) is 6. The Balaban J connectivity index is 1.78. The third-order valence-electron chi connectivity index (χ3n) is 4.09. The molecule has 2 aromatic heterocycles. The van der Waals surface area contributed by atoms with Gasteiger partial charge in [-0.2, -0.15) is 0 Å². The molecule has 0 aliphatic carbocycles. The summed E-state index contributed by atoms with van der Waals surface area (Å²) in [7, 11) is 1.64. The van der Waals surface area contributed by atoms with Crippen LogP contribution < -0.4 is 15.0 Å². The average Bonchev–Trinajstić information content (AvgIpc) is 3.06. The van der Waals surface area contributed by atoms with E-state index >= 15 is 0 Å². The van der Waals surface area contributed by atoms with Crippen LogP contribution >= 0.6 is 0 Å². The lowest BCUT2D eigenvalue weighted by atomic mass is 10.1. The fourth-order valence-corrected chi connectivity index (χ4v) is 2.79. The molecule has 0 fully saturated rings. The number of hydrogen-bond donors (Lipinski definition) is 2. The minimum absolute atomic E-state index is 0.241. The molecule has 1 aromatic carbocycles. The largest absolute Gasteiger partial charge is 0.497 e. The summed E-state index contributed by atoms with van der Waals surface area (Å²) in [6, 6.07) is 7.59. The molecule has 3 aromatic rings. The highest BCUT2D eigenvalue weighted by atomic mass is 16.5. The maximum absolute atomic E-state index is 11.6. The van der Waals surface area contributed by atoms with Crippen molar-refractivity contribution >= 4 is 23.5 Å². The van der Waals surface area contributed by atoms with Gasteiger partial charge in [-0.3, -0.25) is 4.40 Å². The first kappa shape index (κ1) is 18.4. The quantitative estimate of drug-likeness (QED) is 0.659. The van der Waals surface area contributed by atoms with Crippen LogP contribution in [0.25, 0.3) is 5.65 Å². The van der Waals surface area contributed by atoms with Crippen LogP contribution in [0.5, 0.6) is 5.75 Å².